The third-order valence-corrected chi connectivity index (χ3v) is 6.86. The molecule has 3 rings (SSSR count). The molecule has 5 nitrogen and oxygen atoms in total. The van der Waals surface area contributed by atoms with Gasteiger partial charge in [0.15, 0.2) is 0 Å². The van der Waals surface area contributed by atoms with Gasteiger partial charge < -0.3 is 4.90 Å². The minimum atomic E-state index is -3.44. The SMILES string of the molecule is CCc1cccc(N2CCN(C3CC3)CC2)c1S(=O)(=O)N(C)C. The quantitative estimate of drug-likeness (QED) is 0.822. The average molecular weight is 337 g/mol. The van der Waals surface area contributed by atoms with Gasteiger partial charge in [0.1, 0.15) is 4.90 Å². The molecule has 6 heteroatoms. The van der Waals surface area contributed by atoms with Gasteiger partial charge in [-0.3, -0.25) is 4.90 Å². The number of benzene rings is 1. The molecule has 1 aromatic carbocycles. The van der Waals surface area contributed by atoms with E-state index in [1.165, 1.54) is 17.1 Å². The Morgan fingerprint density at radius 2 is 1.78 bits per heavy atom. The Bertz CT molecular complexity index is 660. The van der Waals surface area contributed by atoms with Crippen molar-refractivity contribution in [1.29, 1.82) is 0 Å². The molecule has 128 valence electrons. The third kappa shape index (κ3) is 3.25. The smallest absolute Gasteiger partial charge is 0.244 e. The van der Waals surface area contributed by atoms with Crippen molar-refractivity contribution >= 4 is 15.7 Å². The van der Waals surface area contributed by atoms with Crippen LogP contribution in [0.1, 0.15) is 25.3 Å². The summed E-state index contributed by atoms with van der Waals surface area (Å²) < 4.78 is 27.0. The van der Waals surface area contributed by atoms with Gasteiger partial charge in [-0.1, -0.05) is 19.1 Å². The molecule has 1 saturated carbocycles. The second-order valence-electron chi connectivity index (χ2n) is 6.66. The lowest BCUT2D eigenvalue weighted by Crippen LogP contribution is -2.47. The molecule has 2 fully saturated rings. The number of sulfonamides is 1. The highest BCUT2D eigenvalue weighted by Crippen LogP contribution is 2.33. The fourth-order valence-corrected chi connectivity index (χ4v) is 4.72. The summed E-state index contributed by atoms with van der Waals surface area (Å²) >= 11 is 0. The highest BCUT2D eigenvalue weighted by molar-refractivity contribution is 7.89. The molecule has 2 aliphatic rings. The van der Waals surface area contributed by atoms with E-state index in [-0.39, 0.29) is 0 Å². The lowest BCUT2D eigenvalue weighted by Gasteiger charge is -2.37. The first-order chi connectivity index (χ1) is 10.9. The van der Waals surface area contributed by atoms with Gasteiger partial charge in [0.05, 0.1) is 5.69 Å². The monoisotopic (exact) mass is 337 g/mol. The number of hydrogen-bond acceptors (Lipinski definition) is 4. The molecule has 0 aromatic heterocycles. The molecule has 1 aromatic rings. The highest BCUT2D eigenvalue weighted by atomic mass is 32.2. The van der Waals surface area contributed by atoms with Crippen molar-refractivity contribution in [1.82, 2.24) is 9.21 Å². The molecule has 1 saturated heterocycles. The summed E-state index contributed by atoms with van der Waals surface area (Å²) in [6, 6.07) is 6.66. The van der Waals surface area contributed by atoms with Crippen LogP contribution < -0.4 is 4.90 Å². The summed E-state index contributed by atoms with van der Waals surface area (Å²) in [5, 5.41) is 0. The van der Waals surface area contributed by atoms with Crippen LogP contribution >= 0.6 is 0 Å². The van der Waals surface area contributed by atoms with E-state index < -0.39 is 10.0 Å². The van der Waals surface area contributed by atoms with Gasteiger partial charge >= 0.3 is 0 Å². The highest BCUT2D eigenvalue weighted by Gasteiger charge is 2.33. The lowest BCUT2D eigenvalue weighted by atomic mass is 10.1. The number of hydrogen-bond donors (Lipinski definition) is 0. The summed E-state index contributed by atoms with van der Waals surface area (Å²) in [7, 11) is -0.224. The summed E-state index contributed by atoms with van der Waals surface area (Å²) in [6.07, 6.45) is 3.37. The normalized spacial score (nSPS) is 20.3. The second-order valence-corrected chi connectivity index (χ2v) is 8.75. The second kappa shape index (κ2) is 6.42. The molecular weight excluding hydrogens is 310 g/mol. The Hall–Kier alpha value is -1.11. The molecule has 0 amide bonds. The topological polar surface area (TPSA) is 43.9 Å². The number of aryl methyl sites for hydroxylation is 1. The van der Waals surface area contributed by atoms with E-state index in [0.717, 1.165) is 49.9 Å². The molecule has 0 radical (unpaired) electrons. The Labute approximate surface area is 139 Å². The number of piperazine rings is 1. The molecule has 0 atom stereocenters. The summed E-state index contributed by atoms with van der Waals surface area (Å²) in [5.41, 5.74) is 1.77. The molecule has 0 spiro atoms. The van der Waals surface area contributed by atoms with E-state index in [1.54, 1.807) is 14.1 Å². The van der Waals surface area contributed by atoms with Crippen LogP contribution in [0.25, 0.3) is 0 Å². The van der Waals surface area contributed by atoms with Gasteiger partial charge in [0, 0.05) is 46.3 Å². The molecule has 1 heterocycles. The minimum Gasteiger partial charge on any atom is -0.368 e. The molecule has 0 N–H and O–H groups in total. The van der Waals surface area contributed by atoms with Crippen LogP contribution in [-0.2, 0) is 16.4 Å². The van der Waals surface area contributed by atoms with E-state index >= 15 is 0 Å². The molecular formula is C17H27N3O2S. The first-order valence-electron chi connectivity index (χ1n) is 8.48. The first kappa shape index (κ1) is 16.7. The maximum atomic E-state index is 12.8. The molecule has 0 bridgehead atoms. The van der Waals surface area contributed by atoms with Crippen molar-refractivity contribution in [2.45, 2.75) is 37.1 Å². The van der Waals surface area contributed by atoms with E-state index in [9.17, 15) is 8.42 Å². The van der Waals surface area contributed by atoms with E-state index in [2.05, 4.69) is 9.80 Å². The summed E-state index contributed by atoms with van der Waals surface area (Å²) in [5.74, 6) is 0. The molecule has 1 aliphatic carbocycles. The van der Waals surface area contributed by atoms with Crippen molar-refractivity contribution in [2.75, 3.05) is 45.2 Å². The summed E-state index contributed by atoms with van der Waals surface area (Å²) in [6.45, 7) is 5.88. The zero-order valence-corrected chi connectivity index (χ0v) is 15.1. The van der Waals surface area contributed by atoms with E-state index in [1.807, 2.05) is 25.1 Å². The first-order valence-corrected chi connectivity index (χ1v) is 9.92. The van der Waals surface area contributed by atoms with Crippen LogP contribution in [0, 0.1) is 0 Å². The van der Waals surface area contributed by atoms with Gasteiger partial charge in [-0.15, -0.1) is 0 Å². The van der Waals surface area contributed by atoms with Crippen LogP contribution in [0.3, 0.4) is 0 Å². The predicted molar refractivity (Wildman–Crippen MR) is 93.5 cm³/mol. The maximum Gasteiger partial charge on any atom is 0.244 e. The van der Waals surface area contributed by atoms with Crippen LogP contribution in [0.2, 0.25) is 0 Å². The van der Waals surface area contributed by atoms with Crippen molar-refractivity contribution in [3.63, 3.8) is 0 Å². The number of rotatable bonds is 5. The third-order valence-electron chi connectivity index (χ3n) is 4.91. The fourth-order valence-electron chi connectivity index (χ4n) is 3.35. The Morgan fingerprint density at radius 1 is 1.13 bits per heavy atom. The van der Waals surface area contributed by atoms with Gasteiger partial charge in [-0.2, -0.15) is 0 Å². The Balaban J connectivity index is 1.93. The molecule has 23 heavy (non-hydrogen) atoms. The molecule has 1 aliphatic heterocycles. The zero-order valence-electron chi connectivity index (χ0n) is 14.3. The van der Waals surface area contributed by atoms with Crippen molar-refractivity contribution in [2.24, 2.45) is 0 Å². The van der Waals surface area contributed by atoms with Crippen LogP contribution in [0.15, 0.2) is 23.1 Å². The van der Waals surface area contributed by atoms with Gasteiger partial charge in [-0.05, 0) is 30.9 Å². The van der Waals surface area contributed by atoms with Crippen LogP contribution in [0.5, 0.6) is 0 Å². The fraction of sp³-hybridized carbons (Fsp3) is 0.647. The summed E-state index contributed by atoms with van der Waals surface area (Å²) in [4.78, 5) is 5.28. The largest absolute Gasteiger partial charge is 0.368 e. The van der Waals surface area contributed by atoms with Crippen LogP contribution in [0.4, 0.5) is 5.69 Å². The lowest BCUT2D eigenvalue weighted by molar-refractivity contribution is 0.248. The number of nitrogens with zero attached hydrogens (tertiary/aromatic N) is 3. The van der Waals surface area contributed by atoms with Gasteiger partial charge in [0.2, 0.25) is 10.0 Å². The van der Waals surface area contributed by atoms with E-state index in [4.69, 9.17) is 0 Å². The Kier molecular flexibility index (Phi) is 4.67. The standard InChI is InChI=1S/C17H27N3O2S/c1-4-14-6-5-7-16(17(14)23(21,22)18(2)3)20-12-10-19(11-13-20)15-8-9-15/h5-7,15H,4,8-13H2,1-3H3. The number of anilines is 1. The average Bonchev–Trinajstić information content (AvgIpc) is 3.39. The van der Waals surface area contributed by atoms with Gasteiger partial charge in [0.25, 0.3) is 0 Å². The van der Waals surface area contributed by atoms with Crippen molar-refractivity contribution < 1.29 is 8.42 Å². The van der Waals surface area contributed by atoms with Gasteiger partial charge in [-0.25, -0.2) is 12.7 Å². The minimum absolute atomic E-state index is 0.493. The predicted octanol–water partition coefficient (Wildman–Crippen LogP) is 1.78. The van der Waals surface area contributed by atoms with Crippen molar-refractivity contribution in [3.8, 4) is 0 Å². The van der Waals surface area contributed by atoms with Crippen LogP contribution in [-0.4, -0.2) is 63.9 Å². The van der Waals surface area contributed by atoms with E-state index in [0.29, 0.717) is 4.90 Å². The zero-order chi connectivity index (χ0) is 16.6. The van der Waals surface area contributed by atoms with Crippen molar-refractivity contribution in [3.05, 3.63) is 23.8 Å². The Morgan fingerprint density at radius 3 is 2.30 bits per heavy atom. The molecule has 0 unspecified atom stereocenters. The maximum absolute atomic E-state index is 12.8.